The molecule has 1 fully saturated rings. The summed E-state index contributed by atoms with van der Waals surface area (Å²) < 4.78 is 0. The third-order valence-corrected chi connectivity index (χ3v) is 5.96. The monoisotopic (exact) mass is 305 g/mol. The lowest BCUT2D eigenvalue weighted by Crippen LogP contribution is -2.26. The van der Waals surface area contributed by atoms with Crippen LogP contribution in [0.3, 0.4) is 0 Å². The summed E-state index contributed by atoms with van der Waals surface area (Å²) in [7, 11) is 0. The van der Waals surface area contributed by atoms with Crippen molar-refractivity contribution >= 4 is 11.8 Å². The van der Waals surface area contributed by atoms with Gasteiger partial charge in [0.25, 0.3) is 0 Å². The van der Waals surface area contributed by atoms with Crippen LogP contribution in [0.1, 0.15) is 68.2 Å². The summed E-state index contributed by atoms with van der Waals surface area (Å²) in [5, 5.41) is 4.66. The molecule has 0 aromatic heterocycles. The molecule has 2 heteroatoms. The molecule has 0 heterocycles. The number of nitrogens with one attached hydrogen (secondary N) is 1. The predicted molar refractivity (Wildman–Crippen MR) is 96.3 cm³/mol. The van der Waals surface area contributed by atoms with Crippen LogP contribution < -0.4 is 5.32 Å². The number of aryl methyl sites for hydroxylation is 2. The molecule has 1 N–H and O–H groups in total. The van der Waals surface area contributed by atoms with E-state index in [9.17, 15) is 0 Å². The van der Waals surface area contributed by atoms with Crippen molar-refractivity contribution in [1.29, 1.82) is 0 Å². The van der Waals surface area contributed by atoms with Crippen molar-refractivity contribution in [2.24, 2.45) is 0 Å². The average molecular weight is 306 g/mol. The molecule has 1 nitrogen and oxygen atoms in total. The lowest BCUT2D eigenvalue weighted by molar-refractivity contribution is 0.513. The second-order valence-electron chi connectivity index (χ2n) is 6.46. The van der Waals surface area contributed by atoms with Gasteiger partial charge in [0, 0.05) is 17.0 Å². The number of thioether (sulfide) groups is 1. The fourth-order valence-electron chi connectivity index (χ4n) is 3.26. The Bertz CT molecular complexity index is 424. The van der Waals surface area contributed by atoms with Gasteiger partial charge in [0.1, 0.15) is 0 Å². The summed E-state index contributed by atoms with van der Waals surface area (Å²) in [5.41, 5.74) is 4.30. The first-order valence-corrected chi connectivity index (χ1v) is 9.67. The van der Waals surface area contributed by atoms with Gasteiger partial charge in [-0.15, -0.1) is 0 Å². The topological polar surface area (TPSA) is 12.0 Å². The fourth-order valence-corrected chi connectivity index (χ4v) is 4.69. The maximum atomic E-state index is 3.76. The quantitative estimate of drug-likeness (QED) is 0.723. The van der Waals surface area contributed by atoms with E-state index in [2.05, 4.69) is 56.0 Å². The van der Waals surface area contributed by atoms with E-state index >= 15 is 0 Å². The van der Waals surface area contributed by atoms with Crippen LogP contribution in [-0.2, 0) is 0 Å². The minimum atomic E-state index is 0.512. The number of rotatable bonds is 7. The van der Waals surface area contributed by atoms with Crippen LogP contribution in [0.15, 0.2) is 18.2 Å². The van der Waals surface area contributed by atoms with Crippen molar-refractivity contribution in [3.8, 4) is 0 Å². The fraction of sp³-hybridized carbons (Fsp3) is 0.684. The number of benzene rings is 1. The van der Waals surface area contributed by atoms with Crippen molar-refractivity contribution in [1.82, 2.24) is 5.32 Å². The van der Waals surface area contributed by atoms with E-state index < -0.39 is 0 Å². The molecule has 0 bridgehead atoms. The Balaban J connectivity index is 1.99. The van der Waals surface area contributed by atoms with E-state index in [-0.39, 0.29) is 0 Å². The molecular formula is C19H31NS. The van der Waals surface area contributed by atoms with Crippen molar-refractivity contribution in [2.75, 3.05) is 12.3 Å². The third kappa shape index (κ3) is 5.34. The van der Waals surface area contributed by atoms with Crippen molar-refractivity contribution < 1.29 is 0 Å². The van der Waals surface area contributed by atoms with E-state index in [1.165, 1.54) is 61.0 Å². The van der Waals surface area contributed by atoms with Crippen LogP contribution in [0.2, 0.25) is 0 Å². The third-order valence-electron chi connectivity index (χ3n) is 4.49. The number of hydrogen-bond acceptors (Lipinski definition) is 2. The van der Waals surface area contributed by atoms with Crippen molar-refractivity contribution in [2.45, 2.75) is 70.6 Å². The molecule has 1 aliphatic rings. The predicted octanol–water partition coefficient (Wildman–Crippen LogP) is 5.41. The van der Waals surface area contributed by atoms with E-state index in [1.807, 2.05) is 0 Å². The van der Waals surface area contributed by atoms with Gasteiger partial charge in [0.05, 0.1) is 0 Å². The average Bonchev–Trinajstić information content (AvgIpc) is 2.49. The van der Waals surface area contributed by atoms with Crippen LogP contribution in [0, 0.1) is 13.8 Å². The second-order valence-corrected chi connectivity index (χ2v) is 7.79. The Morgan fingerprint density at radius 3 is 2.62 bits per heavy atom. The molecule has 1 aromatic rings. The van der Waals surface area contributed by atoms with Gasteiger partial charge in [0.2, 0.25) is 0 Å². The Morgan fingerprint density at radius 1 is 1.19 bits per heavy atom. The van der Waals surface area contributed by atoms with Crippen molar-refractivity contribution in [3.05, 3.63) is 34.9 Å². The summed E-state index contributed by atoms with van der Waals surface area (Å²) in [6.07, 6.45) is 8.39. The summed E-state index contributed by atoms with van der Waals surface area (Å²) in [5.74, 6) is 1.22. The highest BCUT2D eigenvalue weighted by molar-refractivity contribution is 7.99. The molecule has 0 radical (unpaired) electrons. The molecule has 1 atom stereocenters. The molecule has 21 heavy (non-hydrogen) atoms. The van der Waals surface area contributed by atoms with Crippen LogP contribution in [0.25, 0.3) is 0 Å². The summed E-state index contributed by atoms with van der Waals surface area (Å²) in [6.45, 7) is 7.81. The molecular weight excluding hydrogens is 274 g/mol. The van der Waals surface area contributed by atoms with E-state index in [0.717, 1.165) is 11.8 Å². The Morgan fingerprint density at radius 2 is 1.95 bits per heavy atom. The lowest BCUT2D eigenvalue weighted by Gasteiger charge is -2.26. The Hall–Kier alpha value is -0.470. The summed E-state index contributed by atoms with van der Waals surface area (Å²) >= 11 is 2.20. The standard InChI is InChI=1S/C19H31NS/c1-4-12-20-19(14-21-17-8-6-5-7-9-17)18-11-10-15(2)13-16(18)3/h10-11,13,17,19-20H,4-9,12,14H2,1-3H3. The van der Waals surface area contributed by atoms with E-state index in [0.29, 0.717) is 6.04 Å². The maximum Gasteiger partial charge on any atom is 0.0414 e. The van der Waals surface area contributed by atoms with Gasteiger partial charge in [-0.05, 0) is 50.8 Å². The van der Waals surface area contributed by atoms with Gasteiger partial charge in [-0.25, -0.2) is 0 Å². The maximum absolute atomic E-state index is 3.76. The zero-order valence-corrected chi connectivity index (χ0v) is 14.8. The molecule has 0 spiro atoms. The Kier molecular flexibility index (Phi) is 7.12. The van der Waals surface area contributed by atoms with Gasteiger partial charge in [-0.2, -0.15) is 11.8 Å². The van der Waals surface area contributed by atoms with Gasteiger partial charge in [-0.3, -0.25) is 0 Å². The molecule has 1 aliphatic carbocycles. The van der Waals surface area contributed by atoms with Gasteiger partial charge < -0.3 is 5.32 Å². The lowest BCUT2D eigenvalue weighted by atomic mass is 10.00. The molecule has 118 valence electrons. The highest BCUT2D eigenvalue weighted by Gasteiger charge is 2.18. The van der Waals surface area contributed by atoms with Crippen molar-refractivity contribution in [3.63, 3.8) is 0 Å². The van der Waals surface area contributed by atoms with Gasteiger partial charge in [0.15, 0.2) is 0 Å². The summed E-state index contributed by atoms with van der Waals surface area (Å²) in [6, 6.07) is 7.42. The first kappa shape index (κ1) is 16.9. The molecule has 1 unspecified atom stereocenters. The smallest absolute Gasteiger partial charge is 0.0414 e. The van der Waals surface area contributed by atoms with E-state index in [1.54, 1.807) is 0 Å². The van der Waals surface area contributed by atoms with Crippen LogP contribution in [0.4, 0.5) is 0 Å². The van der Waals surface area contributed by atoms with Crippen LogP contribution >= 0.6 is 11.8 Å². The first-order chi connectivity index (χ1) is 10.2. The van der Waals surface area contributed by atoms with Crippen LogP contribution in [-0.4, -0.2) is 17.5 Å². The molecule has 1 saturated carbocycles. The minimum absolute atomic E-state index is 0.512. The van der Waals surface area contributed by atoms with Gasteiger partial charge in [-0.1, -0.05) is 49.9 Å². The highest BCUT2D eigenvalue weighted by Crippen LogP contribution is 2.31. The normalized spacial score (nSPS) is 17.9. The Labute approximate surface area is 135 Å². The summed E-state index contributed by atoms with van der Waals surface area (Å²) in [4.78, 5) is 0. The zero-order valence-electron chi connectivity index (χ0n) is 14.0. The van der Waals surface area contributed by atoms with Crippen LogP contribution in [0.5, 0.6) is 0 Å². The second kappa shape index (κ2) is 8.85. The molecule has 0 aliphatic heterocycles. The largest absolute Gasteiger partial charge is 0.309 e. The zero-order chi connectivity index (χ0) is 15.1. The highest BCUT2D eigenvalue weighted by atomic mass is 32.2. The molecule has 2 rings (SSSR count). The van der Waals surface area contributed by atoms with E-state index in [4.69, 9.17) is 0 Å². The molecule has 0 saturated heterocycles. The minimum Gasteiger partial charge on any atom is -0.309 e. The SMILES string of the molecule is CCCNC(CSC1CCCCC1)c1ccc(C)cc1C. The van der Waals surface area contributed by atoms with Gasteiger partial charge >= 0.3 is 0 Å². The first-order valence-electron chi connectivity index (χ1n) is 8.63. The molecule has 0 amide bonds. The number of hydrogen-bond donors (Lipinski definition) is 1. The molecule has 1 aromatic carbocycles.